The molecule has 0 aromatic carbocycles. The number of hydrogen-bond acceptors (Lipinski definition) is 5. The molecule has 7 nitrogen and oxygen atoms in total. The lowest BCUT2D eigenvalue weighted by Crippen LogP contribution is -2.57. The molecule has 0 aliphatic heterocycles. The standard InChI is InChI=1S/C16H24N2O5/c1-4-8-12(22-2)14(20)17-11-13(19)18-16(15(21)23-3)9-6-5-7-10-16/h4,8H,1,5-7,9-11H2,2-3H3,(H,17,20)(H,18,19)/b12-8-. The van der Waals surface area contributed by atoms with Crippen LogP contribution in [0.4, 0.5) is 0 Å². The molecule has 1 rings (SSSR count). The van der Waals surface area contributed by atoms with Crippen LogP contribution in [-0.4, -0.2) is 44.1 Å². The van der Waals surface area contributed by atoms with Crippen LogP contribution in [0.5, 0.6) is 0 Å². The highest BCUT2D eigenvalue weighted by atomic mass is 16.5. The Balaban J connectivity index is 2.63. The molecule has 0 atom stereocenters. The maximum Gasteiger partial charge on any atom is 0.331 e. The zero-order valence-corrected chi connectivity index (χ0v) is 13.6. The number of esters is 1. The van der Waals surface area contributed by atoms with E-state index >= 15 is 0 Å². The van der Waals surface area contributed by atoms with Crippen molar-refractivity contribution in [3.63, 3.8) is 0 Å². The molecule has 0 saturated heterocycles. The van der Waals surface area contributed by atoms with Crippen molar-refractivity contribution < 1.29 is 23.9 Å². The highest BCUT2D eigenvalue weighted by Crippen LogP contribution is 2.29. The van der Waals surface area contributed by atoms with Crippen LogP contribution in [0.1, 0.15) is 32.1 Å². The van der Waals surface area contributed by atoms with Gasteiger partial charge in [0.25, 0.3) is 5.91 Å². The van der Waals surface area contributed by atoms with Crippen molar-refractivity contribution in [3.05, 3.63) is 24.5 Å². The Bertz CT molecular complexity index is 493. The topological polar surface area (TPSA) is 93.7 Å². The van der Waals surface area contributed by atoms with Crippen LogP contribution in [0.25, 0.3) is 0 Å². The van der Waals surface area contributed by atoms with Crippen molar-refractivity contribution >= 4 is 17.8 Å². The fourth-order valence-corrected chi connectivity index (χ4v) is 2.63. The fraction of sp³-hybridized carbons (Fsp3) is 0.562. The number of carbonyl (C=O) groups excluding carboxylic acids is 3. The summed E-state index contributed by atoms with van der Waals surface area (Å²) < 4.78 is 9.71. The minimum absolute atomic E-state index is 0.0492. The maximum atomic E-state index is 12.1. The van der Waals surface area contributed by atoms with Crippen LogP contribution in [-0.2, 0) is 23.9 Å². The summed E-state index contributed by atoms with van der Waals surface area (Å²) in [6, 6.07) is 0. The number of allylic oxidation sites excluding steroid dienone is 2. The first-order valence-electron chi connectivity index (χ1n) is 7.53. The predicted octanol–water partition coefficient (Wildman–Crippen LogP) is 0.811. The zero-order valence-electron chi connectivity index (χ0n) is 13.6. The van der Waals surface area contributed by atoms with E-state index in [1.165, 1.54) is 26.4 Å². The molecule has 0 aromatic rings. The normalized spacial score (nSPS) is 16.9. The molecule has 2 amide bonds. The van der Waals surface area contributed by atoms with Gasteiger partial charge in [-0.25, -0.2) is 4.79 Å². The van der Waals surface area contributed by atoms with Gasteiger partial charge < -0.3 is 20.1 Å². The Morgan fingerprint density at radius 2 is 1.78 bits per heavy atom. The lowest BCUT2D eigenvalue weighted by atomic mass is 9.81. The van der Waals surface area contributed by atoms with Gasteiger partial charge in [-0.15, -0.1) is 0 Å². The second-order valence-corrected chi connectivity index (χ2v) is 5.34. The first-order chi connectivity index (χ1) is 11.0. The first-order valence-corrected chi connectivity index (χ1v) is 7.53. The van der Waals surface area contributed by atoms with E-state index in [0.717, 1.165) is 19.3 Å². The van der Waals surface area contributed by atoms with Crippen LogP contribution in [0.3, 0.4) is 0 Å². The maximum absolute atomic E-state index is 12.1. The van der Waals surface area contributed by atoms with Crippen molar-refractivity contribution in [2.45, 2.75) is 37.6 Å². The molecule has 1 aliphatic rings. The number of hydrogen-bond donors (Lipinski definition) is 2. The minimum Gasteiger partial charge on any atom is -0.491 e. The summed E-state index contributed by atoms with van der Waals surface area (Å²) in [5.74, 6) is -1.37. The molecule has 128 valence electrons. The van der Waals surface area contributed by atoms with Gasteiger partial charge >= 0.3 is 5.97 Å². The summed E-state index contributed by atoms with van der Waals surface area (Å²) in [6.07, 6.45) is 6.60. The molecule has 23 heavy (non-hydrogen) atoms. The summed E-state index contributed by atoms with van der Waals surface area (Å²) >= 11 is 0. The third kappa shape index (κ3) is 5.12. The van der Waals surface area contributed by atoms with Crippen molar-refractivity contribution in [3.8, 4) is 0 Å². The van der Waals surface area contributed by atoms with E-state index in [1.54, 1.807) is 0 Å². The minimum atomic E-state index is -0.990. The molecule has 0 spiro atoms. The number of methoxy groups -OCH3 is 2. The molecule has 0 radical (unpaired) electrons. The fourth-order valence-electron chi connectivity index (χ4n) is 2.63. The summed E-state index contributed by atoms with van der Waals surface area (Å²) in [6.45, 7) is 3.22. The Labute approximate surface area is 136 Å². The van der Waals surface area contributed by atoms with Crippen LogP contribution in [0.2, 0.25) is 0 Å². The highest BCUT2D eigenvalue weighted by Gasteiger charge is 2.41. The Morgan fingerprint density at radius 3 is 2.30 bits per heavy atom. The molecule has 0 heterocycles. The molecule has 1 fully saturated rings. The van der Waals surface area contributed by atoms with E-state index in [-0.39, 0.29) is 12.3 Å². The van der Waals surface area contributed by atoms with Crippen LogP contribution >= 0.6 is 0 Å². The molecule has 0 unspecified atom stereocenters. The number of amides is 2. The molecule has 0 bridgehead atoms. The van der Waals surface area contributed by atoms with Gasteiger partial charge in [-0.05, 0) is 18.9 Å². The molecule has 2 N–H and O–H groups in total. The average Bonchev–Trinajstić information content (AvgIpc) is 2.57. The number of rotatable bonds is 7. The third-order valence-electron chi connectivity index (χ3n) is 3.78. The van der Waals surface area contributed by atoms with E-state index in [9.17, 15) is 14.4 Å². The van der Waals surface area contributed by atoms with Gasteiger partial charge in [0.15, 0.2) is 5.76 Å². The summed E-state index contributed by atoms with van der Waals surface area (Å²) in [7, 11) is 2.65. The second kappa shape index (κ2) is 8.97. The van der Waals surface area contributed by atoms with Crippen molar-refractivity contribution in [1.82, 2.24) is 10.6 Å². The van der Waals surface area contributed by atoms with E-state index in [2.05, 4.69) is 17.2 Å². The largest absolute Gasteiger partial charge is 0.491 e. The Kier molecular flexibility index (Phi) is 7.31. The lowest BCUT2D eigenvalue weighted by molar-refractivity contribution is -0.152. The molecule has 7 heteroatoms. The predicted molar refractivity (Wildman–Crippen MR) is 84.3 cm³/mol. The van der Waals surface area contributed by atoms with E-state index < -0.39 is 23.3 Å². The van der Waals surface area contributed by atoms with Crippen LogP contribution in [0, 0.1) is 0 Å². The number of ether oxygens (including phenoxy) is 2. The lowest BCUT2D eigenvalue weighted by Gasteiger charge is -2.35. The van der Waals surface area contributed by atoms with Crippen LogP contribution in [0.15, 0.2) is 24.5 Å². The first kappa shape index (κ1) is 18.7. The molecular weight excluding hydrogens is 300 g/mol. The highest BCUT2D eigenvalue weighted by molar-refractivity contribution is 5.95. The van der Waals surface area contributed by atoms with Gasteiger partial charge in [-0.1, -0.05) is 31.9 Å². The number of nitrogens with one attached hydrogen (secondary N) is 2. The smallest absolute Gasteiger partial charge is 0.331 e. The quantitative estimate of drug-likeness (QED) is 0.313. The zero-order chi connectivity index (χ0) is 17.3. The van der Waals surface area contributed by atoms with Crippen LogP contribution < -0.4 is 10.6 Å². The van der Waals surface area contributed by atoms with Gasteiger partial charge in [0.1, 0.15) is 5.54 Å². The molecule has 1 aliphatic carbocycles. The van der Waals surface area contributed by atoms with Gasteiger partial charge in [-0.3, -0.25) is 9.59 Å². The molecule has 0 aromatic heterocycles. The monoisotopic (exact) mass is 324 g/mol. The second-order valence-electron chi connectivity index (χ2n) is 5.34. The average molecular weight is 324 g/mol. The van der Waals surface area contributed by atoms with Crippen molar-refractivity contribution in [1.29, 1.82) is 0 Å². The summed E-state index contributed by atoms with van der Waals surface area (Å²) in [5, 5.41) is 5.16. The summed E-state index contributed by atoms with van der Waals surface area (Å²) in [5.41, 5.74) is -0.990. The van der Waals surface area contributed by atoms with Gasteiger partial charge in [0, 0.05) is 0 Å². The molecule has 1 saturated carbocycles. The van der Waals surface area contributed by atoms with E-state index in [4.69, 9.17) is 9.47 Å². The van der Waals surface area contributed by atoms with Crippen molar-refractivity contribution in [2.24, 2.45) is 0 Å². The number of carbonyl (C=O) groups is 3. The summed E-state index contributed by atoms with van der Waals surface area (Å²) in [4.78, 5) is 35.9. The SMILES string of the molecule is C=C/C=C(\OC)C(=O)NCC(=O)NC1(C(=O)OC)CCCCC1. The van der Waals surface area contributed by atoms with Gasteiger partial charge in [0.05, 0.1) is 20.8 Å². The Hall–Kier alpha value is -2.31. The molecular formula is C16H24N2O5. The van der Waals surface area contributed by atoms with Crippen molar-refractivity contribution in [2.75, 3.05) is 20.8 Å². The van der Waals surface area contributed by atoms with Gasteiger partial charge in [0.2, 0.25) is 5.91 Å². The third-order valence-corrected chi connectivity index (χ3v) is 3.78. The Morgan fingerprint density at radius 1 is 1.13 bits per heavy atom. The van der Waals surface area contributed by atoms with E-state index in [1.807, 2.05) is 0 Å². The van der Waals surface area contributed by atoms with Gasteiger partial charge in [-0.2, -0.15) is 0 Å². The van der Waals surface area contributed by atoms with E-state index in [0.29, 0.717) is 12.8 Å².